The summed E-state index contributed by atoms with van der Waals surface area (Å²) in [6.45, 7) is 7.16. The molecule has 1 heterocycles. The third-order valence-corrected chi connectivity index (χ3v) is 5.85. The second kappa shape index (κ2) is 5.64. The van der Waals surface area contributed by atoms with Crippen molar-refractivity contribution in [2.75, 3.05) is 13.7 Å². The Bertz CT molecular complexity index is 278. The van der Waals surface area contributed by atoms with E-state index in [-0.39, 0.29) is 11.2 Å². The van der Waals surface area contributed by atoms with Gasteiger partial charge in [-0.1, -0.05) is 13.1 Å². The van der Waals surface area contributed by atoms with Crippen molar-refractivity contribution in [3.05, 3.63) is 11.6 Å². The molecule has 1 aliphatic rings. The minimum Gasteiger partial charge on any atom is -0.466 e. The molecule has 16 heavy (non-hydrogen) atoms. The van der Waals surface area contributed by atoms with Crippen molar-refractivity contribution in [1.82, 2.24) is 0 Å². The Labute approximate surface area is 99.4 Å². The zero-order chi connectivity index (χ0) is 12.2. The van der Waals surface area contributed by atoms with Crippen molar-refractivity contribution in [2.24, 2.45) is 0 Å². The molecule has 1 unspecified atom stereocenters. The van der Waals surface area contributed by atoms with Gasteiger partial charge in [0.05, 0.1) is 21.1 Å². The van der Waals surface area contributed by atoms with Crippen molar-refractivity contribution in [2.45, 2.75) is 44.5 Å². The molecule has 1 rings (SSSR count). The zero-order valence-corrected chi connectivity index (χ0v) is 11.9. The van der Waals surface area contributed by atoms with Crippen molar-refractivity contribution < 1.29 is 14.3 Å². The number of esters is 1. The van der Waals surface area contributed by atoms with Gasteiger partial charge in [0, 0.05) is 12.2 Å². The van der Waals surface area contributed by atoms with Crippen LogP contribution in [-0.2, 0) is 14.3 Å². The van der Waals surface area contributed by atoms with Crippen LogP contribution in [0.3, 0.4) is 0 Å². The molecule has 1 fully saturated rings. The van der Waals surface area contributed by atoms with Gasteiger partial charge in [0.15, 0.2) is 0 Å². The van der Waals surface area contributed by atoms with E-state index < -0.39 is 8.80 Å². The summed E-state index contributed by atoms with van der Waals surface area (Å²) < 4.78 is 10.7. The molecular formula is C12H22O3Si. The minimum absolute atomic E-state index is 0.142. The smallest absolute Gasteiger partial charge is 0.333 e. The maximum Gasteiger partial charge on any atom is 0.333 e. The highest BCUT2D eigenvalue weighted by Gasteiger charge is 2.35. The van der Waals surface area contributed by atoms with Gasteiger partial charge in [-0.2, -0.15) is 0 Å². The summed E-state index contributed by atoms with van der Waals surface area (Å²) in [5.74, 6) is -0.247. The van der Waals surface area contributed by atoms with E-state index in [2.05, 4.69) is 13.1 Å². The first-order chi connectivity index (χ1) is 7.52. The fraction of sp³-hybridized carbons (Fsp3) is 0.750. The predicted octanol–water partition coefficient (Wildman–Crippen LogP) is 2.07. The second-order valence-corrected chi connectivity index (χ2v) is 8.02. The molecule has 0 aliphatic carbocycles. The highest BCUT2D eigenvalue weighted by molar-refractivity contribution is 6.60. The number of methoxy groups -OCH3 is 1. The summed E-state index contributed by atoms with van der Waals surface area (Å²) in [7, 11) is 0.415. The van der Waals surface area contributed by atoms with Crippen molar-refractivity contribution in [3.8, 4) is 0 Å². The second-order valence-electron chi connectivity index (χ2n) is 4.73. The van der Waals surface area contributed by atoms with E-state index in [1.807, 2.05) is 13.0 Å². The number of ether oxygens (including phenoxy) is 2. The SMILES string of the molecule is COC(=O)C(C)=CC1([SiH](C)C)CCCCO1. The van der Waals surface area contributed by atoms with Crippen LogP contribution in [0.5, 0.6) is 0 Å². The first kappa shape index (κ1) is 13.5. The summed E-state index contributed by atoms with van der Waals surface area (Å²) in [6, 6.07) is 0. The molecule has 0 spiro atoms. The standard InChI is InChI=1S/C12H22O3Si/c1-10(11(13)14-2)9-12(16(3)4)7-5-6-8-15-12/h9,16H,5-8H2,1-4H3. The van der Waals surface area contributed by atoms with E-state index in [0.717, 1.165) is 19.4 Å². The summed E-state index contributed by atoms with van der Waals surface area (Å²) >= 11 is 0. The molecule has 92 valence electrons. The van der Waals surface area contributed by atoms with E-state index in [9.17, 15) is 4.79 Å². The maximum atomic E-state index is 11.4. The Morgan fingerprint density at radius 1 is 1.44 bits per heavy atom. The summed E-state index contributed by atoms with van der Waals surface area (Å²) in [6.07, 6.45) is 5.38. The quantitative estimate of drug-likeness (QED) is 0.432. The topological polar surface area (TPSA) is 35.5 Å². The van der Waals surface area contributed by atoms with Crippen LogP contribution in [-0.4, -0.2) is 33.7 Å². The maximum absolute atomic E-state index is 11.4. The van der Waals surface area contributed by atoms with E-state index in [1.165, 1.54) is 13.5 Å². The predicted molar refractivity (Wildman–Crippen MR) is 67.2 cm³/mol. The van der Waals surface area contributed by atoms with Crippen LogP contribution in [0.15, 0.2) is 11.6 Å². The number of rotatable bonds is 3. The Morgan fingerprint density at radius 3 is 2.56 bits per heavy atom. The lowest BCUT2D eigenvalue weighted by Crippen LogP contribution is -2.46. The molecule has 0 bridgehead atoms. The van der Waals surface area contributed by atoms with Gasteiger partial charge in [0.1, 0.15) is 0 Å². The van der Waals surface area contributed by atoms with Gasteiger partial charge in [-0.15, -0.1) is 0 Å². The monoisotopic (exact) mass is 242 g/mol. The third-order valence-electron chi connectivity index (χ3n) is 3.28. The lowest BCUT2D eigenvalue weighted by atomic mass is 10.1. The van der Waals surface area contributed by atoms with Gasteiger partial charge < -0.3 is 9.47 Å². The van der Waals surface area contributed by atoms with Gasteiger partial charge in [0.2, 0.25) is 0 Å². The molecule has 0 aromatic carbocycles. The first-order valence-electron chi connectivity index (χ1n) is 5.93. The van der Waals surface area contributed by atoms with Gasteiger partial charge in [-0.25, -0.2) is 4.79 Å². The van der Waals surface area contributed by atoms with Crippen molar-refractivity contribution >= 4 is 14.8 Å². The van der Waals surface area contributed by atoms with Crippen LogP contribution in [0.1, 0.15) is 26.2 Å². The minimum atomic E-state index is -1.00. The van der Waals surface area contributed by atoms with Crippen LogP contribution < -0.4 is 0 Å². The van der Waals surface area contributed by atoms with E-state index in [1.54, 1.807) is 0 Å². The zero-order valence-electron chi connectivity index (χ0n) is 10.7. The van der Waals surface area contributed by atoms with Gasteiger partial charge in [-0.3, -0.25) is 0 Å². The van der Waals surface area contributed by atoms with Crippen LogP contribution in [0.25, 0.3) is 0 Å². The van der Waals surface area contributed by atoms with Crippen LogP contribution in [0.4, 0.5) is 0 Å². The van der Waals surface area contributed by atoms with Gasteiger partial charge in [0.25, 0.3) is 0 Å². The lowest BCUT2D eigenvalue weighted by molar-refractivity contribution is -0.136. The molecule has 0 aromatic rings. The number of hydrogen-bond donors (Lipinski definition) is 0. The summed E-state index contributed by atoms with van der Waals surface area (Å²) in [4.78, 5) is 11.4. The molecule has 1 aliphatic heterocycles. The number of carbonyl (C=O) groups excluding carboxylic acids is 1. The van der Waals surface area contributed by atoms with Crippen LogP contribution >= 0.6 is 0 Å². The lowest BCUT2D eigenvalue weighted by Gasteiger charge is -2.38. The van der Waals surface area contributed by atoms with Crippen molar-refractivity contribution in [3.63, 3.8) is 0 Å². The summed E-state index contributed by atoms with van der Waals surface area (Å²) in [5, 5.41) is -0.142. The molecule has 3 nitrogen and oxygen atoms in total. The average molecular weight is 242 g/mol. The fourth-order valence-corrected chi connectivity index (χ4v) is 3.98. The fourth-order valence-electron chi connectivity index (χ4n) is 2.16. The number of carbonyl (C=O) groups is 1. The van der Waals surface area contributed by atoms with Crippen molar-refractivity contribution in [1.29, 1.82) is 0 Å². The Morgan fingerprint density at radius 2 is 2.12 bits per heavy atom. The van der Waals surface area contributed by atoms with Gasteiger partial charge >= 0.3 is 5.97 Å². The highest BCUT2D eigenvalue weighted by Crippen LogP contribution is 2.30. The molecule has 1 saturated heterocycles. The summed E-state index contributed by atoms with van der Waals surface area (Å²) in [5.41, 5.74) is 0.672. The molecule has 0 radical (unpaired) electrons. The Kier molecular flexibility index (Phi) is 4.74. The Balaban J connectivity index is 2.89. The Hall–Kier alpha value is -0.613. The normalized spacial score (nSPS) is 26.9. The van der Waals surface area contributed by atoms with E-state index in [0.29, 0.717) is 5.57 Å². The molecule has 0 N–H and O–H groups in total. The molecular weight excluding hydrogens is 220 g/mol. The van der Waals surface area contributed by atoms with E-state index >= 15 is 0 Å². The van der Waals surface area contributed by atoms with Crippen LogP contribution in [0.2, 0.25) is 13.1 Å². The molecule has 1 atom stereocenters. The highest BCUT2D eigenvalue weighted by atomic mass is 28.3. The van der Waals surface area contributed by atoms with Gasteiger partial charge in [-0.05, 0) is 32.3 Å². The van der Waals surface area contributed by atoms with Crippen LogP contribution in [0, 0.1) is 0 Å². The molecule has 0 saturated carbocycles. The molecule has 4 heteroatoms. The average Bonchev–Trinajstić information content (AvgIpc) is 2.28. The molecule has 0 aromatic heterocycles. The largest absolute Gasteiger partial charge is 0.466 e. The first-order valence-corrected chi connectivity index (χ1v) is 8.82. The van der Waals surface area contributed by atoms with E-state index in [4.69, 9.17) is 9.47 Å². The molecule has 0 amide bonds. The third kappa shape index (κ3) is 2.95. The number of hydrogen-bond acceptors (Lipinski definition) is 3.